The molecule has 1 fully saturated rings. The Bertz CT molecular complexity index is 721. The quantitative estimate of drug-likeness (QED) is 0.815. The highest BCUT2D eigenvalue weighted by Gasteiger charge is 2.21. The maximum Gasteiger partial charge on any atom is 0.226 e. The number of morpholine rings is 1. The van der Waals surface area contributed by atoms with E-state index in [0.29, 0.717) is 0 Å². The van der Waals surface area contributed by atoms with Gasteiger partial charge in [-0.25, -0.2) is 9.97 Å². The zero-order valence-corrected chi connectivity index (χ0v) is 15.9. The molecule has 0 spiro atoms. The van der Waals surface area contributed by atoms with Gasteiger partial charge in [-0.15, -0.1) is 0 Å². The molecule has 25 heavy (non-hydrogen) atoms. The molecular weight excluding hydrogens is 310 g/mol. The van der Waals surface area contributed by atoms with Crippen LogP contribution in [0.2, 0.25) is 0 Å². The monoisotopic (exact) mass is 339 g/mol. The smallest absolute Gasteiger partial charge is 0.226 e. The Hall–Kier alpha value is -1.94. The zero-order chi connectivity index (χ0) is 17.9. The Balaban J connectivity index is 2.01. The van der Waals surface area contributed by atoms with Crippen LogP contribution in [0.5, 0.6) is 0 Å². The van der Waals surface area contributed by atoms with E-state index in [1.165, 1.54) is 5.56 Å². The number of hydrogen-bond donors (Lipinski definition) is 0. The second-order valence-corrected chi connectivity index (χ2v) is 7.71. The molecule has 1 aliphatic rings. The molecule has 0 N–H and O–H groups in total. The van der Waals surface area contributed by atoms with Crippen molar-refractivity contribution in [1.82, 2.24) is 9.97 Å². The molecule has 0 saturated carbocycles. The summed E-state index contributed by atoms with van der Waals surface area (Å²) in [6.45, 7) is 12.2. The number of hydrogen-bond acceptors (Lipinski definition) is 4. The van der Waals surface area contributed by atoms with Crippen molar-refractivity contribution in [2.45, 2.75) is 40.5 Å². The molecule has 0 unspecified atom stereocenters. The third kappa shape index (κ3) is 4.57. The topological polar surface area (TPSA) is 38.2 Å². The predicted octanol–water partition coefficient (Wildman–Crippen LogP) is 4.27. The molecule has 1 aromatic heterocycles. The molecule has 0 radical (unpaired) electrons. The van der Waals surface area contributed by atoms with Gasteiger partial charge in [0.1, 0.15) is 0 Å². The van der Waals surface area contributed by atoms with Crippen molar-refractivity contribution < 1.29 is 4.74 Å². The summed E-state index contributed by atoms with van der Waals surface area (Å²) in [6.07, 6.45) is 2.09. The summed E-state index contributed by atoms with van der Waals surface area (Å²) in [7, 11) is 0. The molecule has 1 aromatic carbocycles. The van der Waals surface area contributed by atoms with E-state index < -0.39 is 0 Å². The zero-order valence-electron chi connectivity index (χ0n) is 15.9. The lowest BCUT2D eigenvalue weighted by Gasteiger charge is -2.28. The molecule has 0 bridgehead atoms. The van der Waals surface area contributed by atoms with Crippen LogP contribution in [0.25, 0.3) is 11.3 Å². The number of anilines is 1. The molecule has 1 aliphatic heterocycles. The number of aryl methyl sites for hydroxylation is 1. The van der Waals surface area contributed by atoms with Crippen LogP contribution in [0.1, 0.15) is 38.4 Å². The third-order valence-electron chi connectivity index (χ3n) is 4.99. The van der Waals surface area contributed by atoms with Crippen LogP contribution in [0, 0.1) is 12.3 Å². The first-order valence-corrected chi connectivity index (χ1v) is 9.24. The van der Waals surface area contributed by atoms with Crippen LogP contribution in [-0.2, 0) is 11.2 Å². The SMILES string of the molecule is CCC(C)(C)Cc1cc(-c2cccc(C)c2)nc(N2CCOCC2)n1. The minimum Gasteiger partial charge on any atom is -0.378 e. The van der Waals surface area contributed by atoms with Gasteiger partial charge in [0.25, 0.3) is 0 Å². The lowest BCUT2D eigenvalue weighted by molar-refractivity contribution is 0.122. The van der Waals surface area contributed by atoms with Gasteiger partial charge in [0, 0.05) is 24.3 Å². The first-order chi connectivity index (χ1) is 12.0. The van der Waals surface area contributed by atoms with Crippen LogP contribution in [0.15, 0.2) is 30.3 Å². The molecule has 134 valence electrons. The van der Waals surface area contributed by atoms with Gasteiger partial charge in [-0.1, -0.05) is 51.0 Å². The minimum atomic E-state index is 0.237. The van der Waals surface area contributed by atoms with E-state index in [-0.39, 0.29) is 5.41 Å². The Morgan fingerprint density at radius 3 is 2.56 bits per heavy atom. The highest BCUT2D eigenvalue weighted by atomic mass is 16.5. The first-order valence-electron chi connectivity index (χ1n) is 9.24. The summed E-state index contributed by atoms with van der Waals surface area (Å²) in [4.78, 5) is 12.0. The predicted molar refractivity (Wildman–Crippen MR) is 103 cm³/mol. The summed E-state index contributed by atoms with van der Waals surface area (Å²) in [6, 6.07) is 10.7. The van der Waals surface area contributed by atoms with Crippen LogP contribution in [0.4, 0.5) is 5.95 Å². The second kappa shape index (κ2) is 7.52. The summed E-state index contributed by atoms with van der Waals surface area (Å²) < 4.78 is 5.48. The van der Waals surface area contributed by atoms with E-state index in [9.17, 15) is 0 Å². The number of rotatable bonds is 5. The van der Waals surface area contributed by atoms with Gasteiger partial charge < -0.3 is 9.64 Å². The van der Waals surface area contributed by atoms with Crippen LogP contribution >= 0.6 is 0 Å². The molecule has 0 amide bonds. The number of nitrogens with zero attached hydrogens (tertiary/aromatic N) is 3. The molecule has 3 rings (SSSR count). The molecule has 0 atom stereocenters. The van der Waals surface area contributed by atoms with Crippen LogP contribution in [0.3, 0.4) is 0 Å². The van der Waals surface area contributed by atoms with Gasteiger partial charge in [-0.05, 0) is 30.9 Å². The van der Waals surface area contributed by atoms with Crippen LogP contribution < -0.4 is 4.90 Å². The van der Waals surface area contributed by atoms with Crippen LogP contribution in [-0.4, -0.2) is 36.3 Å². The maximum absolute atomic E-state index is 5.48. The highest BCUT2D eigenvalue weighted by Crippen LogP contribution is 2.28. The summed E-state index contributed by atoms with van der Waals surface area (Å²) >= 11 is 0. The molecule has 0 aliphatic carbocycles. The van der Waals surface area contributed by atoms with E-state index in [1.807, 2.05) is 0 Å². The maximum atomic E-state index is 5.48. The van der Waals surface area contributed by atoms with Crippen molar-refractivity contribution in [1.29, 1.82) is 0 Å². The van der Waals surface area contributed by atoms with Crippen molar-refractivity contribution in [2.75, 3.05) is 31.2 Å². The molecule has 1 saturated heterocycles. The van der Waals surface area contributed by atoms with Crippen molar-refractivity contribution >= 4 is 5.95 Å². The number of benzene rings is 1. The first kappa shape index (κ1) is 17.9. The lowest BCUT2D eigenvalue weighted by Crippen LogP contribution is -2.37. The minimum absolute atomic E-state index is 0.237. The van der Waals surface area contributed by atoms with Crippen molar-refractivity contribution in [3.8, 4) is 11.3 Å². The highest BCUT2D eigenvalue weighted by molar-refractivity contribution is 5.62. The van der Waals surface area contributed by atoms with Gasteiger partial charge in [0.2, 0.25) is 5.95 Å². The van der Waals surface area contributed by atoms with E-state index in [0.717, 1.165) is 62.0 Å². The second-order valence-electron chi connectivity index (χ2n) is 7.71. The van der Waals surface area contributed by atoms with Crippen molar-refractivity contribution in [2.24, 2.45) is 5.41 Å². The largest absolute Gasteiger partial charge is 0.378 e. The number of ether oxygens (including phenoxy) is 1. The summed E-state index contributed by atoms with van der Waals surface area (Å²) in [5.74, 6) is 0.837. The molecular formula is C21H29N3O. The fraction of sp³-hybridized carbons (Fsp3) is 0.524. The summed E-state index contributed by atoms with van der Waals surface area (Å²) in [5.41, 5.74) is 4.79. The fourth-order valence-electron chi connectivity index (χ4n) is 3.05. The molecule has 2 heterocycles. The van der Waals surface area contributed by atoms with E-state index in [4.69, 9.17) is 14.7 Å². The van der Waals surface area contributed by atoms with Gasteiger partial charge in [0.15, 0.2) is 0 Å². The number of aromatic nitrogens is 2. The van der Waals surface area contributed by atoms with E-state index in [2.05, 4.69) is 62.9 Å². The molecule has 2 aromatic rings. The van der Waals surface area contributed by atoms with E-state index in [1.54, 1.807) is 0 Å². The van der Waals surface area contributed by atoms with Crippen molar-refractivity contribution in [3.63, 3.8) is 0 Å². The third-order valence-corrected chi connectivity index (χ3v) is 4.99. The Kier molecular flexibility index (Phi) is 5.38. The van der Waals surface area contributed by atoms with Gasteiger partial charge in [-0.3, -0.25) is 0 Å². The standard InChI is InChI=1S/C21H29N3O/c1-5-21(3,4)15-18-14-19(17-8-6-7-16(2)13-17)23-20(22-18)24-9-11-25-12-10-24/h6-8,13-14H,5,9-12,15H2,1-4H3. The average Bonchev–Trinajstić information content (AvgIpc) is 2.62. The van der Waals surface area contributed by atoms with Gasteiger partial charge in [0.05, 0.1) is 18.9 Å². The van der Waals surface area contributed by atoms with Crippen molar-refractivity contribution in [3.05, 3.63) is 41.6 Å². The average molecular weight is 339 g/mol. The normalized spacial score (nSPS) is 15.4. The summed E-state index contributed by atoms with van der Waals surface area (Å²) in [5, 5.41) is 0. The lowest BCUT2D eigenvalue weighted by atomic mass is 9.85. The Morgan fingerprint density at radius 1 is 1.12 bits per heavy atom. The van der Waals surface area contributed by atoms with E-state index >= 15 is 0 Å². The Labute approximate surface area is 151 Å². The fourth-order valence-corrected chi connectivity index (χ4v) is 3.05. The van der Waals surface area contributed by atoms with Gasteiger partial charge in [-0.2, -0.15) is 0 Å². The van der Waals surface area contributed by atoms with Gasteiger partial charge >= 0.3 is 0 Å². The Morgan fingerprint density at radius 2 is 1.88 bits per heavy atom. The molecule has 4 nitrogen and oxygen atoms in total. The molecule has 4 heteroatoms.